The Labute approximate surface area is 98.0 Å². The van der Waals surface area contributed by atoms with Crippen LogP contribution in [0.5, 0.6) is 0 Å². The van der Waals surface area contributed by atoms with E-state index in [9.17, 15) is 4.79 Å². The predicted molar refractivity (Wildman–Crippen MR) is 62.8 cm³/mol. The summed E-state index contributed by atoms with van der Waals surface area (Å²) in [5, 5.41) is 3.03. The molecule has 1 fully saturated rings. The highest BCUT2D eigenvalue weighted by atomic mass is 79.9. The van der Waals surface area contributed by atoms with Gasteiger partial charge in [-0.3, -0.25) is 4.79 Å². The minimum absolute atomic E-state index is 0.0128. The number of hydrogen-bond acceptors (Lipinski definition) is 1. The quantitative estimate of drug-likeness (QED) is 0.880. The maximum absolute atomic E-state index is 11.9. The van der Waals surface area contributed by atoms with Gasteiger partial charge in [0, 0.05) is 23.8 Å². The Morgan fingerprint density at radius 1 is 1.67 bits per heavy atom. The molecule has 0 aromatic carbocycles. The zero-order chi connectivity index (χ0) is 11.2. The van der Waals surface area contributed by atoms with Crippen LogP contribution in [0.25, 0.3) is 0 Å². The molecule has 4 heteroatoms. The molecule has 1 atom stereocenters. The Morgan fingerprint density at radius 2 is 2.27 bits per heavy atom. The Hall–Kier alpha value is -0.770. The van der Waals surface area contributed by atoms with Crippen LogP contribution in [0.2, 0.25) is 0 Å². The van der Waals surface area contributed by atoms with Crippen LogP contribution < -0.4 is 5.32 Å². The van der Waals surface area contributed by atoms with E-state index in [4.69, 9.17) is 0 Å². The number of nitrogens with one attached hydrogen (secondary N) is 1. The van der Waals surface area contributed by atoms with Crippen LogP contribution in [0.15, 0.2) is 16.7 Å². The lowest BCUT2D eigenvalue weighted by Crippen LogP contribution is -2.29. The fourth-order valence-corrected chi connectivity index (χ4v) is 2.22. The molecule has 0 bridgehead atoms. The van der Waals surface area contributed by atoms with Crippen molar-refractivity contribution in [3.63, 3.8) is 0 Å². The van der Waals surface area contributed by atoms with Gasteiger partial charge in [0.25, 0.3) is 5.91 Å². The van der Waals surface area contributed by atoms with Crippen molar-refractivity contribution in [3.8, 4) is 0 Å². The summed E-state index contributed by atoms with van der Waals surface area (Å²) in [5.41, 5.74) is 0.975. The summed E-state index contributed by atoms with van der Waals surface area (Å²) >= 11 is 3.35. The normalized spacial score (nSPS) is 22.5. The van der Waals surface area contributed by atoms with Crippen molar-refractivity contribution in [1.82, 2.24) is 9.88 Å². The fraction of sp³-hybridized carbons (Fsp3) is 0.545. The third-order valence-electron chi connectivity index (χ3n) is 3.02. The van der Waals surface area contributed by atoms with Crippen molar-refractivity contribution in [2.24, 2.45) is 12.5 Å². The predicted octanol–water partition coefficient (Wildman–Crippen LogP) is 2.32. The van der Waals surface area contributed by atoms with Crippen molar-refractivity contribution in [3.05, 3.63) is 22.4 Å². The van der Waals surface area contributed by atoms with E-state index >= 15 is 0 Å². The summed E-state index contributed by atoms with van der Waals surface area (Å²) in [5.74, 6) is 0.0128. The Bertz CT molecular complexity index is 409. The van der Waals surface area contributed by atoms with Gasteiger partial charge in [-0.15, -0.1) is 0 Å². The molecular formula is C11H15BrN2O. The van der Waals surface area contributed by atoms with Crippen LogP contribution in [-0.4, -0.2) is 16.5 Å². The molecule has 0 spiro atoms. The van der Waals surface area contributed by atoms with Crippen LogP contribution in [0, 0.1) is 5.41 Å². The molecule has 1 heterocycles. The van der Waals surface area contributed by atoms with Crippen LogP contribution in [0.4, 0.5) is 0 Å². The molecule has 0 radical (unpaired) electrons. The van der Waals surface area contributed by atoms with Crippen molar-refractivity contribution >= 4 is 21.8 Å². The zero-order valence-corrected chi connectivity index (χ0v) is 10.8. The second-order valence-corrected chi connectivity index (χ2v) is 5.79. The molecule has 1 N–H and O–H groups in total. The van der Waals surface area contributed by atoms with Crippen molar-refractivity contribution < 1.29 is 4.79 Å². The number of rotatable bonds is 2. The highest BCUT2D eigenvalue weighted by Gasteiger charge is 2.46. The SMILES string of the molecule is Cn1cc(Br)cc1C(=O)NC1CC1(C)C. The lowest BCUT2D eigenvalue weighted by atomic mass is 10.2. The lowest BCUT2D eigenvalue weighted by Gasteiger charge is -2.07. The van der Waals surface area contributed by atoms with E-state index in [1.54, 1.807) is 0 Å². The molecule has 1 saturated carbocycles. The first-order chi connectivity index (χ1) is 6.90. The molecule has 82 valence electrons. The number of carbonyl (C=O) groups is 1. The average molecular weight is 271 g/mol. The largest absolute Gasteiger partial charge is 0.347 e. The molecule has 1 unspecified atom stereocenters. The minimum atomic E-state index is 0.0128. The average Bonchev–Trinajstić information content (AvgIpc) is 2.53. The summed E-state index contributed by atoms with van der Waals surface area (Å²) < 4.78 is 2.76. The van der Waals surface area contributed by atoms with Crippen LogP contribution >= 0.6 is 15.9 Å². The fourth-order valence-electron chi connectivity index (χ4n) is 1.70. The van der Waals surface area contributed by atoms with Gasteiger partial charge in [0.2, 0.25) is 0 Å². The van der Waals surface area contributed by atoms with Crippen LogP contribution in [-0.2, 0) is 7.05 Å². The molecule has 0 saturated heterocycles. The number of aryl methyl sites for hydroxylation is 1. The standard InChI is InChI=1S/C11H15BrN2O/c1-11(2)5-9(11)13-10(15)8-4-7(12)6-14(8)3/h4,6,9H,5H2,1-3H3,(H,13,15). The van der Waals surface area contributed by atoms with Gasteiger partial charge in [0.15, 0.2) is 0 Å². The number of amides is 1. The number of carbonyl (C=O) groups excluding carboxylic acids is 1. The highest BCUT2D eigenvalue weighted by molar-refractivity contribution is 9.10. The van der Waals surface area contributed by atoms with Gasteiger partial charge in [-0.1, -0.05) is 13.8 Å². The smallest absolute Gasteiger partial charge is 0.268 e. The van der Waals surface area contributed by atoms with E-state index in [1.807, 2.05) is 23.9 Å². The van der Waals surface area contributed by atoms with E-state index in [0.29, 0.717) is 11.7 Å². The van der Waals surface area contributed by atoms with Gasteiger partial charge in [0.1, 0.15) is 5.69 Å². The van der Waals surface area contributed by atoms with Crippen molar-refractivity contribution in [2.75, 3.05) is 0 Å². The topological polar surface area (TPSA) is 34.0 Å². The zero-order valence-electron chi connectivity index (χ0n) is 9.17. The Balaban J connectivity index is 2.06. The monoisotopic (exact) mass is 270 g/mol. The van der Waals surface area contributed by atoms with E-state index in [-0.39, 0.29) is 11.3 Å². The lowest BCUT2D eigenvalue weighted by molar-refractivity contribution is 0.0938. The van der Waals surface area contributed by atoms with E-state index in [1.165, 1.54) is 0 Å². The molecule has 0 aliphatic heterocycles. The van der Waals surface area contributed by atoms with Gasteiger partial charge in [0.05, 0.1) is 0 Å². The summed E-state index contributed by atoms with van der Waals surface area (Å²) in [4.78, 5) is 11.9. The van der Waals surface area contributed by atoms with Gasteiger partial charge >= 0.3 is 0 Å². The summed E-state index contributed by atoms with van der Waals surface area (Å²) in [6, 6.07) is 2.17. The first-order valence-electron chi connectivity index (χ1n) is 5.03. The molecule has 1 aromatic rings. The molecule has 1 aliphatic carbocycles. The Morgan fingerprint density at radius 3 is 2.67 bits per heavy atom. The second kappa shape index (κ2) is 3.37. The van der Waals surface area contributed by atoms with Gasteiger partial charge in [-0.25, -0.2) is 0 Å². The first-order valence-corrected chi connectivity index (χ1v) is 5.82. The molecule has 3 nitrogen and oxygen atoms in total. The maximum Gasteiger partial charge on any atom is 0.268 e. The summed E-state index contributed by atoms with van der Waals surface area (Å²) in [6.07, 6.45) is 2.96. The number of hydrogen-bond donors (Lipinski definition) is 1. The third kappa shape index (κ3) is 2.09. The summed E-state index contributed by atoms with van der Waals surface area (Å²) in [7, 11) is 1.87. The van der Waals surface area contributed by atoms with Crippen molar-refractivity contribution in [2.45, 2.75) is 26.3 Å². The van der Waals surface area contributed by atoms with E-state index < -0.39 is 0 Å². The molecule has 1 aromatic heterocycles. The highest BCUT2D eigenvalue weighted by Crippen LogP contribution is 2.44. The number of nitrogens with zero attached hydrogens (tertiary/aromatic N) is 1. The second-order valence-electron chi connectivity index (χ2n) is 4.87. The first kappa shape index (κ1) is 10.7. The Kier molecular flexibility index (Phi) is 2.41. The molecule has 1 aliphatic rings. The molecule has 1 amide bonds. The van der Waals surface area contributed by atoms with Gasteiger partial charge < -0.3 is 9.88 Å². The van der Waals surface area contributed by atoms with E-state index in [0.717, 1.165) is 10.9 Å². The van der Waals surface area contributed by atoms with Crippen LogP contribution in [0.1, 0.15) is 30.8 Å². The number of halogens is 1. The molecule has 15 heavy (non-hydrogen) atoms. The van der Waals surface area contributed by atoms with Gasteiger partial charge in [-0.2, -0.15) is 0 Å². The summed E-state index contributed by atoms with van der Waals surface area (Å²) in [6.45, 7) is 4.33. The van der Waals surface area contributed by atoms with Gasteiger partial charge in [-0.05, 0) is 33.8 Å². The molecule has 2 rings (SSSR count). The molecular weight excluding hydrogens is 256 g/mol. The third-order valence-corrected chi connectivity index (χ3v) is 3.46. The van der Waals surface area contributed by atoms with Crippen molar-refractivity contribution in [1.29, 1.82) is 0 Å². The minimum Gasteiger partial charge on any atom is -0.347 e. The maximum atomic E-state index is 11.9. The van der Waals surface area contributed by atoms with Crippen LogP contribution in [0.3, 0.4) is 0 Å². The van der Waals surface area contributed by atoms with E-state index in [2.05, 4.69) is 35.1 Å². The number of aromatic nitrogens is 1.